The fraction of sp³-hybridized carbons (Fsp3) is 0.278. The minimum absolute atomic E-state index is 0.0733. The summed E-state index contributed by atoms with van der Waals surface area (Å²) < 4.78 is 11.6. The summed E-state index contributed by atoms with van der Waals surface area (Å²) in [6.07, 6.45) is 0.0930. The van der Waals surface area contributed by atoms with Gasteiger partial charge in [0.05, 0.1) is 24.7 Å². The highest BCUT2D eigenvalue weighted by molar-refractivity contribution is 5.78. The predicted molar refractivity (Wildman–Crippen MR) is 88.5 cm³/mol. The first-order valence-electron chi connectivity index (χ1n) is 7.79. The van der Waals surface area contributed by atoms with Crippen molar-refractivity contribution in [3.63, 3.8) is 0 Å². The second kappa shape index (κ2) is 7.12. The number of nitrogens with one attached hydrogen (secondary N) is 1. The van der Waals surface area contributed by atoms with E-state index >= 15 is 0 Å². The molecule has 0 bridgehead atoms. The molecule has 0 aliphatic carbocycles. The van der Waals surface area contributed by atoms with E-state index in [1.54, 1.807) is 25.3 Å². The minimum atomic E-state index is -0.635. The summed E-state index contributed by atoms with van der Waals surface area (Å²) in [5, 5.41) is 2.82. The SMILES string of the molecule is COc1ccc2c(c1)OC(CCNC(=O)Cc1ccccc1)[N+]2=O. The van der Waals surface area contributed by atoms with Gasteiger partial charge in [-0.05, 0) is 11.6 Å². The first-order chi connectivity index (χ1) is 11.7. The maximum atomic E-state index is 12.2. The number of carbonyl (C=O) groups excluding carboxylic acids is 1. The number of ether oxygens (including phenoxy) is 2. The van der Waals surface area contributed by atoms with Gasteiger partial charge in [-0.3, -0.25) is 4.79 Å². The van der Waals surface area contributed by atoms with Crippen LogP contribution in [0.15, 0.2) is 48.5 Å². The summed E-state index contributed by atoms with van der Waals surface area (Å²) in [5.74, 6) is 1.07. The van der Waals surface area contributed by atoms with Crippen LogP contribution in [0.4, 0.5) is 5.69 Å². The average molecular weight is 327 g/mol. The highest BCUT2D eigenvalue weighted by atomic mass is 16.5. The van der Waals surface area contributed by atoms with Gasteiger partial charge >= 0.3 is 11.9 Å². The van der Waals surface area contributed by atoms with Crippen LogP contribution in [0.25, 0.3) is 0 Å². The van der Waals surface area contributed by atoms with Gasteiger partial charge in [-0.15, -0.1) is 0 Å². The lowest BCUT2D eigenvalue weighted by molar-refractivity contribution is -0.529. The highest BCUT2D eigenvalue weighted by Gasteiger charge is 2.40. The van der Waals surface area contributed by atoms with Gasteiger partial charge in [-0.1, -0.05) is 30.3 Å². The number of nitrogens with zero attached hydrogens (tertiary/aromatic N) is 1. The third-order valence-electron chi connectivity index (χ3n) is 3.85. The highest BCUT2D eigenvalue weighted by Crippen LogP contribution is 2.38. The van der Waals surface area contributed by atoms with E-state index in [0.29, 0.717) is 36.6 Å². The van der Waals surface area contributed by atoms with Gasteiger partial charge in [0.25, 0.3) is 0 Å². The van der Waals surface area contributed by atoms with Crippen LogP contribution in [0.3, 0.4) is 0 Å². The van der Waals surface area contributed by atoms with Gasteiger partial charge in [-0.2, -0.15) is 0 Å². The van der Waals surface area contributed by atoms with Crippen LogP contribution in [-0.2, 0) is 11.2 Å². The third kappa shape index (κ3) is 3.53. The summed E-state index contributed by atoms with van der Waals surface area (Å²) in [5.41, 5.74) is 1.44. The molecule has 1 heterocycles. The molecule has 0 saturated heterocycles. The van der Waals surface area contributed by atoms with Crippen molar-refractivity contribution in [1.82, 2.24) is 5.32 Å². The summed E-state index contributed by atoms with van der Waals surface area (Å²) in [7, 11) is 1.56. The fourth-order valence-electron chi connectivity index (χ4n) is 2.60. The van der Waals surface area contributed by atoms with E-state index in [0.717, 1.165) is 10.3 Å². The fourth-order valence-corrected chi connectivity index (χ4v) is 2.60. The zero-order chi connectivity index (χ0) is 16.9. The second-order valence-corrected chi connectivity index (χ2v) is 5.53. The lowest BCUT2D eigenvalue weighted by Gasteiger charge is -2.06. The smallest absolute Gasteiger partial charge is 0.352 e. The summed E-state index contributed by atoms with van der Waals surface area (Å²) in [6.45, 7) is 0.375. The molecule has 6 nitrogen and oxygen atoms in total. The number of hydrogen-bond acceptors (Lipinski definition) is 4. The van der Waals surface area contributed by atoms with Crippen molar-refractivity contribution in [3.05, 3.63) is 59.0 Å². The van der Waals surface area contributed by atoms with E-state index in [-0.39, 0.29) is 5.91 Å². The lowest BCUT2D eigenvalue weighted by atomic mass is 10.1. The Morgan fingerprint density at radius 3 is 2.79 bits per heavy atom. The zero-order valence-electron chi connectivity index (χ0n) is 13.4. The molecule has 1 aliphatic heterocycles. The number of amides is 1. The molecule has 1 aliphatic rings. The Morgan fingerprint density at radius 2 is 2.04 bits per heavy atom. The largest absolute Gasteiger partial charge is 0.497 e. The Labute approximate surface area is 140 Å². The maximum absolute atomic E-state index is 12.2. The zero-order valence-corrected chi connectivity index (χ0v) is 13.4. The Kier molecular flexibility index (Phi) is 4.74. The van der Waals surface area contributed by atoms with Gasteiger partial charge in [0, 0.05) is 23.6 Å². The molecule has 0 spiro atoms. The van der Waals surface area contributed by atoms with Crippen molar-refractivity contribution in [1.29, 1.82) is 0 Å². The van der Waals surface area contributed by atoms with Crippen molar-refractivity contribution >= 4 is 11.6 Å². The Balaban J connectivity index is 1.49. The number of nitroso groups, excluding NO2 is 1. The molecule has 1 amide bonds. The van der Waals surface area contributed by atoms with Crippen LogP contribution >= 0.6 is 0 Å². The second-order valence-electron chi connectivity index (χ2n) is 5.53. The summed E-state index contributed by atoms with van der Waals surface area (Å²) in [4.78, 5) is 24.1. The molecule has 2 aromatic rings. The molecule has 0 saturated carbocycles. The van der Waals surface area contributed by atoms with Crippen LogP contribution in [0.2, 0.25) is 0 Å². The number of carbonyl (C=O) groups is 1. The van der Waals surface area contributed by atoms with E-state index in [9.17, 15) is 9.70 Å². The van der Waals surface area contributed by atoms with Gasteiger partial charge in [0.15, 0.2) is 0 Å². The van der Waals surface area contributed by atoms with Crippen LogP contribution in [0, 0.1) is 4.91 Å². The van der Waals surface area contributed by atoms with E-state index in [4.69, 9.17) is 9.47 Å². The molecule has 1 unspecified atom stereocenters. The molecule has 124 valence electrons. The Morgan fingerprint density at radius 1 is 1.25 bits per heavy atom. The van der Waals surface area contributed by atoms with Crippen molar-refractivity contribution in [2.75, 3.05) is 13.7 Å². The van der Waals surface area contributed by atoms with E-state index in [2.05, 4.69) is 5.32 Å². The van der Waals surface area contributed by atoms with E-state index < -0.39 is 6.23 Å². The van der Waals surface area contributed by atoms with Crippen molar-refractivity contribution in [2.45, 2.75) is 19.1 Å². The number of rotatable bonds is 6. The number of hydrogen-bond donors (Lipinski definition) is 1. The van der Waals surface area contributed by atoms with Gasteiger partial charge < -0.3 is 14.8 Å². The van der Waals surface area contributed by atoms with E-state index in [1.807, 2.05) is 30.3 Å². The van der Waals surface area contributed by atoms with Crippen LogP contribution in [-0.4, -0.2) is 30.5 Å². The normalized spacial score (nSPS) is 15.5. The van der Waals surface area contributed by atoms with Crippen molar-refractivity contribution in [3.8, 4) is 11.5 Å². The van der Waals surface area contributed by atoms with Crippen molar-refractivity contribution in [2.24, 2.45) is 0 Å². The standard InChI is InChI=1S/C18H18N2O4/c1-23-14-7-8-15-16(12-14)24-18(20(15)22)9-10-19-17(21)11-13-5-3-2-4-6-13/h2-8,12,18H,9-11H2,1H3/p+1. The van der Waals surface area contributed by atoms with Crippen molar-refractivity contribution < 1.29 is 19.0 Å². The molecule has 1 N–H and O–H groups in total. The summed E-state index contributed by atoms with van der Waals surface area (Å²) in [6, 6.07) is 14.6. The molecule has 2 aromatic carbocycles. The number of benzene rings is 2. The molecule has 1 atom stereocenters. The molecular formula is C18H19N2O4+. The molecule has 6 heteroatoms. The van der Waals surface area contributed by atoms with Crippen LogP contribution in [0.1, 0.15) is 12.0 Å². The molecule has 0 aromatic heterocycles. The quantitative estimate of drug-likeness (QED) is 0.828. The van der Waals surface area contributed by atoms with Gasteiger partial charge in [0.2, 0.25) is 11.7 Å². The molecule has 0 fully saturated rings. The van der Waals surface area contributed by atoms with E-state index in [1.165, 1.54) is 0 Å². The molecule has 24 heavy (non-hydrogen) atoms. The van der Waals surface area contributed by atoms with Gasteiger partial charge in [-0.25, -0.2) is 0 Å². The topological polar surface area (TPSA) is 67.6 Å². The Hall–Kier alpha value is -2.89. The molecule has 3 rings (SSSR count). The molecular weight excluding hydrogens is 308 g/mol. The van der Waals surface area contributed by atoms with Gasteiger partial charge in [0.1, 0.15) is 5.75 Å². The lowest BCUT2D eigenvalue weighted by Crippen LogP contribution is -2.31. The maximum Gasteiger partial charge on any atom is 0.352 e. The first kappa shape index (κ1) is 16.0. The average Bonchev–Trinajstić information content (AvgIpc) is 2.91. The first-order valence-corrected chi connectivity index (χ1v) is 7.79. The minimum Gasteiger partial charge on any atom is -0.497 e. The van der Waals surface area contributed by atoms with Crippen LogP contribution < -0.4 is 14.8 Å². The molecule has 0 radical (unpaired) electrons. The van der Waals surface area contributed by atoms with Crippen LogP contribution in [0.5, 0.6) is 11.5 Å². The monoisotopic (exact) mass is 327 g/mol. The Bertz CT molecular complexity index is 746. The number of fused-ring (bicyclic) bond motifs is 1. The predicted octanol–water partition coefficient (Wildman–Crippen LogP) is 2.57. The summed E-state index contributed by atoms with van der Waals surface area (Å²) >= 11 is 0. The third-order valence-corrected chi connectivity index (χ3v) is 3.85. The number of methoxy groups -OCH3 is 1.